The van der Waals surface area contributed by atoms with Crippen molar-refractivity contribution in [3.05, 3.63) is 0 Å². The third kappa shape index (κ3) is 4.27. The van der Waals surface area contributed by atoms with E-state index < -0.39 is 12.0 Å². The van der Waals surface area contributed by atoms with Crippen molar-refractivity contribution in [2.24, 2.45) is 5.92 Å². The highest BCUT2D eigenvalue weighted by molar-refractivity contribution is 5.87. The minimum atomic E-state index is -1.11. The molecule has 1 fully saturated rings. The van der Waals surface area contributed by atoms with E-state index in [0.29, 0.717) is 5.92 Å². The molecule has 0 radical (unpaired) electrons. The van der Waals surface area contributed by atoms with Crippen LogP contribution < -0.4 is 10.6 Å². The molecule has 2 unspecified atom stereocenters. The zero-order valence-corrected chi connectivity index (χ0v) is 10.7. The van der Waals surface area contributed by atoms with E-state index in [2.05, 4.69) is 17.6 Å². The van der Waals surface area contributed by atoms with Crippen molar-refractivity contribution >= 4 is 11.9 Å². The van der Waals surface area contributed by atoms with Crippen LogP contribution in [0.4, 0.5) is 0 Å². The van der Waals surface area contributed by atoms with Gasteiger partial charge in [-0.3, -0.25) is 4.79 Å². The topological polar surface area (TPSA) is 98.7 Å². The Morgan fingerprint density at radius 1 is 1.50 bits per heavy atom. The van der Waals surface area contributed by atoms with Crippen LogP contribution in [0.1, 0.15) is 32.6 Å². The number of aliphatic hydroxyl groups is 1. The van der Waals surface area contributed by atoms with Crippen LogP contribution in [0.15, 0.2) is 0 Å². The van der Waals surface area contributed by atoms with E-state index >= 15 is 0 Å². The Bertz CT molecular complexity index is 296. The standard InChI is InChI=1S/C12H22N2O4/c1-2-8-3-5-13-10(7-8)11(16)14-9(4-6-15)12(17)18/h8-10,13,15H,2-7H2,1H3,(H,14,16)(H,17,18)/t8?,9-,10?/m1/s1. The third-order valence-electron chi connectivity index (χ3n) is 3.44. The number of hydrogen-bond donors (Lipinski definition) is 4. The van der Waals surface area contributed by atoms with Gasteiger partial charge in [0.15, 0.2) is 0 Å². The molecule has 4 N–H and O–H groups in total. The highest BCUT2D eigenvalue weighted by Gasteiger charge is 2.28. The number of aliphatic carboxylic acids is 1. The Morgan fingerprint density at radius 2 is 2.22 bits per heavy atom. The lowest BCUT2D eigenvalue weighted by Gasteiger charge is -2.29. The SMILES string of the molecule is CCC1CCNC(C(=O)N[C@H](CCO)C(=O)O)C1. The van der Waals surface area contributed by atoms with Crippen LogP contribution in [0.25, 0.3) is 0 Å². The lowest BCUT2D eigenvalue weighted by atomic mass is 9.90. The molecule has 0 aliphatic carbocycles. The summed E-state index contributed by atoms with van der Waals surface area (Å²) < 4.78 is 0. The Kier molecular flexibility index (Phi) is 6.07. The van der Waals surface area contributed by atoms with Gasteiger partial charge in [0, 0.05) is 13.0 Å². The predicted molar refractivity (Wildman–Crippen MR) is 66.1 cm³/mol. The second kappa shape index (κ2) is 7.33. The highest BCUT2D eigenvalue weighted by Crippen LogP contribution is 2.19. The molecule has 104 valence electrons. The number of aliphatic hydroxyl groups excluding tert-OH is 1. The van der Waals surface area contributed by atoms with E-state index in [1.807, 2.05) is 0 Å². The fourth-order valence-corrected chi connectivity index (χ4v) is 2.23. The molecule has 1 amide bonds. The van der Waals surface area contributed by atoms with Gasteiger partial charge < -0.3 is 20.8 Å². The number of carboxylic acid groups (broad SMARTS) is 1. The van der Waals surface area contributed by atoms with Gasteiger partial charge in [0.1, 0.15) is 6.04 Å². The second-order valence-corrected chi connectivity index (χ2v) is 4.72. The summed E-state index contributed by atoms with van der Waals surface area (Å²) in [6.45, 7) is 2.62. The van der Waals surface area contributed by atoms with Crippen LogP contribution in [0.2, 0.25) is 0 Å². The molecule has 0 bridgehead atoms. The Hall–Kier alpha value is -1.14. The number of piperidine rings is 1. The van der Waals surface area contributed by atoms with Crippen molar-refractivity contribution < 1.29 is 19.8 Å². The minimum absolute atomic E-state index is 0.0327. The number of nitrogens with one attached hydrogen (secondary N) is 2. The molecule has 6 nitrogen and oxygen atoms in total. The first kappa shape index (κ1) is 14.9. The van der Waals surface area contributed by atoms with Crippen molar-refractivity contribution in [3.63, 3.8) is 0 Å². The lowest BCUT2D eigenvalue weighted by Crippen LogP contribution is -2.53. The highest BCUT2D eigenvalue weighted by atomic mass is 16.4. The zero-order valence-electron chi connectivity index (χ0n) is 10.7. The Balaban J connectivity index is 2.50. The lowest BCUT2D eigenvalue weighted by molar-refractivity contribution is -0.142. The van der Waals surface area contributed by atoms with E-state index in [4.69, 9.17) is 10.2 Å². The quantitative estimate of drug-likeness (QED) is 0.525. The van der Waals surface area contributed by atoms with E-state index in [-0.39, 0.29) is 25.0 Å². The Labute approximate surface area is 107 Å². The molecule has 0 saturated carbocycles. The summed E-state index contributed by atoms with van der Waals surface area (Å²) in [7, 11) is 0. The summed E-state index contributed by atoms with van der Waals surface area (Å²) in [6, 6.07) is -1.32. The molecule has 0 aromatic heterocycles. The predicted octanol–water partition coefficient (Wildman–Crippen LogP) is -0.284. The smallest absolute Gasteiger partial charge is 0.326 e. The summed E-state index contributed by atoms with van der Waals surface area (Å²) in [5, 5.41) is 23.2. The normalized spacial score (nSPS) is 25.4. The van der Waals surface area contributed by atoms with Gasteiger partial charge in [0.05, 0.1) is 6.04 Å². The molecule has 1 heterocycles. The van der Waals surface area contributed by atoms with Crippen molar-refractivity contribution in [1.29, 1.82) is 0 Å². The van der Waals surface area contributed by atoms with Gasteiger partial charge in [0.25, 0.3) is 0 Å². The second-order valence-electron chi connectivity index (χ2n) is 4.72. The molecule has 0 aromatic rings. The summed E-state index contributed by atoms with van der Waals surface area (Å²) in [5.74, 6) is -0.877. The first-order valence-electron chi connectivity index (χ1n) is 6.45. The molecule has 0 aromatic carbocycles. The molecule has 6 heteroatoms. The van der Waals surface area contributed by atoms with Gasteiger partial charge in [0.2, 0.25) is 5.91 Å². The van der Waals surface area contributed by atoms with E-state index in [0.717, 1.165) is 25.8 Å². The third-order valence-corrected chi connectivity index (χ3v) is 3.44. The molecule has 0 spiro atoms. The molecule has 1 rings (SSSR count). The fourth-order valence-electron chi connectivity index (χ4n) is 2.23. The monoisotopic (exact) mass is 258 g/mol. The first-order valence-corrected chi connectivity index (χ1v) is 6.45. The van der Waals surface area contributed by atoms with Gasteiger partial charge in [-0.25, -0.2) is 4.79 Å². The molecular formula is C12H22N2O4. The molecule has 18 heavy (non-hydrogen) atoms. The maximum absolute atomic E-state index is 11.9. The van der Waals surface area contributed by atoms with Gasteiger partial charge in [-0.15, -0.1) is 0 Å². The number of carbonyl (C=O) groups excluding carboxylic acids is 1. The van der Waals surface area contributed by atoms with Gasteiger partial charge in [-0.2, -0.15) is 0 Å². The van der Waals surface area contributed by atoms with Crippen molar-refractivity contribution in [2.75, 3.05) is 13.2 Å². The van der Waals surface area contributed by atoms with Gasteiger partial charge in [-0.05, 0) is 25.3 Å². The average molecular weight is 258 g/mol. The number of rotatable bonds is 6. The van der Waals surface area contributed by atoms with Gasteiger partial charge in [-0.1, -0.05) is 13.3 Å². The largest absolute Gasteiger partial charge is 0.480 e. The van der Waals surface area contributed by atoms with Crippen molar-refractivity contribution in [2.45, 2.75) is 44.7 Å². The fraction of sp³-hybridized carbons (Fsp3) is 0.833. The van der Waals surface area contributed by atoms with Crippen LogP contribution in [0, 0.1) is 5.92 Å². The van der Waals surface area contributed by atoms with Crippen LogP contribution in [0.3, 0.4) is 0 Å². The van der Waals surface area contributed by atoms with Crippen LogP contribution in [-0.2, 0) is 9.59 Å². The Morgan fingerprint density at radius 3 is 2.78 bits per heavy atom. The van der Waals surface area contributed by atoms with Crippen molar-refractivity contribution in [1.82, 2.24) is 10.6 Å². The van der Waals surface area contributed by atoms with E-state index in [9.17, 15) is 9.59 Å². The molecule has 1 saturated heterocycles. The zero-order chi connectivity index (χ0) is 13.5. The molecule has 3 atom stereocenters. The maximum Gasteiger partial charge on any atom is 0.326 e. The first-order chi connectivity index (χ1) is 8.58. The van der Waals surface area contributed by atoms with Gasteiger partial charge >= 0.3 is 5.97 Å². The minimum Gasteiger partial charge on any atom is -0.480 e. The number of carbonyl (C=O) groups is 2. The average Bonchev–Trinajstić information content (AvgIpc) is 2.38. The summed E-state index contributed by atoms with van der Waals surface area (Å²) >= 11 is 0. The number of amides is 1. The van der Waals surface area contributed by atoms with Crippen LogP contribution >= 0.6 is 0 Å². The van der Waals surface area contributed by atoms with Crippen molar-refractivity contribution in [3.8, 4) is 0 Å². The van der Waals surface area contributed by atoms with E-state index in [1.165, 1.54) is 0 Å². The van der Waals surface area contributed by atoms with E-state index in [1.54, 1.807) is 0 Å². The summed E-state index contributed by atoms with van der Waals surface area (Å²) in [4.78, 5) is 22.8. The summed E-state index contributed by atoms with van der Waals surface area (Å²) in [6.07, 6.45) is 2.86. The number of hydrogen-bond acceptors (Lipinski definition) is 4. The summed E-state index contributed by atoms with van der Waals surface area (Å²) in [5.41, 5.74) is 0. The maximum atomic E-state index is 11.9. The van der Waals surface area contributed by atoms with Crippen LogP contribution in [0.5, 0.6) is 0 Å². The molecular weight excluding hydrogens is 236 g/mol. The number of carboxylic acids is 1. The van der Waals surface area contributed by atoms with Crippen LogP contribution in [-0.4, -0.2) is 47.3 Å². The molecule has 1 aliphatic rings. The molecule has 1 aliphatic heterocycles.